The van der Waals surface area contributed by atoms with Gasteiger partial charge in [0.1, 0.15) is 5.75 Å². The van der Waals surface area contributed by atoms with E-state index in [1.165, 1.54) is 6.92 Å². The van der Waals surface area contributed by atoms with Crippen molar-refractivity contribution in [2.45, 2.75) is 34.6 Å². The van der Waals surface area contributed by atoms with Gasteiger partial charge < -0.3 is 5.11 Å². The van der Waals surface area contributed by atoms with Gasteiger partial charge >= 0.3 is 0 Å². The fraction of sp³-hybridized carbons (Fsp3) is 0.417. The van der Waals surface area contributed by atoms with Gasteiger partial charge in [0.25, 0.3) is 0 Å². The zero-order valence-corrected chi connectivity index (χ0v) is 9.51. The number of carbonyl (C=O) groups is 1. The van der Waals surface area contributed by atoms with Crippen molar-refractivity contribution in [3.63, 3.8) is 0 Å². The molecule has 0 saturated carbocycles. The van der Waals surface area contributed by atoms with E-state index in [4.69, 9.17) is 0 Å². The van der Waals surface area contributed by atoms with Crippen LogP contribution in [-0.2, 0) is 0 Å². The Labute approximate surface area is 85.6 Å². The molecular formula is C12H18O2. The summed E-state index contributed by atoms with van der Waals surface area (Å²) in [4.78, 5) is 11.0. The molecule has 2 nitrogen and oxygen atoms in total. The lowest BCUT2D eigenvalue weighted by molar-refractivity contribution is 0.101. The molecular weight excluding hydrogens is 176 g/mol. The van der Waals surface area contributed by atoms with E-state index in [2.05, 4.69) is 0 Å². The SMILES string of the molecule is CC.CC(=O)c1cc(C)cc(C)c1O. The van der Waals surface area contributed by atoms with Gasteiger partial charge in [-0.1, -0.05) is 19.9 Å². The van der Waals surface area contributed by atoms with Crippen molar-refractivity contribution in [3.8, 4) is 5.75 Å². The fourth-order valence-corrected chi connectivity index (χ4v) is 1.23. The second kappa shape index (κ2) is 5.43. The molecule has 0 bridgehead atoms. The molecule has 2 heteroatoms. The van der Waals surface area contributed by atoms with Crippen molar-refractivity contribution in [3.05, 3.63) is 28.8 Å². The van der Waals surface area contributed by atoms with Crippen LogP contribution in [0.4, 0.5) is 0 Å². The molecule has 0 aromatic heterocycles. The van der Waals surface area contributed by atoms with Gasteiger partial charge in [-0.2, -0.15) is 0 Å². The van der Waals surface area contributed by atoms with Crippen LogP contribution in [0.25, 0.3) is 0 Å². The van der Waals surface area contributed by atoms with Crippen LogP contribution >= 0.6 is 0 Å². The summed E-state index contributed by atoms with van der Waals surface area (Å²) in [7, 11) is 0. The molecule has 0 unspecified atom stereocenters. The number of hydrogen-bond donors (Lipinski definition) is 1. The third-order valence-electron chi connectivity index (χ3n) is 1.82. The molecule has 14 heavy (non-hydrogen) atoms. The first-order valence-electron chi connectivity index (χ1n) is 4.83. The molecule has 0 aliphatic heterocycles. The van der Waals surface area contributed by atoms with Crippen LogP contribution in [0.2, 0.25) is 0 Å². The number of benzene rings is 1. The van der Waals surface area contributed by atoms with Crippen molar-refractivity contribution in [1.29, 1.82) is 0 Å². The zero-order valence-electron chi connectivity index (χ0n) is 9.51. The Morgan fingerprint density at radius 2 is 1.71 bits per heavy atom. The molecule has 78 valence electrons. The number of phenols is 1. The summed E-state index contributed by atoms with van der Waals surface area (Å²) >= 11 is 0. The lowest BCUT2D eigenvalue weighted by Crippen LogP contribution is -1.95. The number of ketones is 1. The minimum atomic E-state index is -0.0979. The summed E-state index contributed by atoms with van der Waals surface area (Å²) in [5.74, 6) is 0.00685. The third-order valence-corrected chi connectivity index (χ3v) is 1.82. The first kappa shape index (κ1) is 12.7. The molecule has 0 aliphatic rings. The fourth-order valence-electron chi connectivity index (χ4n) is 1.23. The van der Waals surface area contributed by atoms with E-state index in [0.717, 1.165) is 11.1 Å². The normalized spacial score (nSPS) is 8.93. The maximum Gasteiger partial charge on any atom is 0.163 e. The first-order chi connectivity index (χ1) is 6.52. The summed E-state index contributed by atoms with van der Waals surface area (Å²) in [5.41, 5.74) is 2.16. The van der Waals surface area contributed by atoms with E-state index in [-0.39, 0.29) is 11.5 Å². The molecule has 0 spiro atoms. The van der Waals surface area contributed by atoms with Gasteiger partial charge in [-0.05, 0) is 38.0 Å². The molecule has 0 atom stereocenters. The zero-order chi connectivity index (χ0) is 11.3. The van der Waals surface area contributed by atoms with Crippen molar-refractivity contribution in [2.75, 3.05) is 0 Å². The maximum atomic E-state index is 11.0. The van der Waals surface area contributed by atoms with Crippen LogP contribution in [0, 0.1) is 13.8 Å². The average molecular weight is 194 g/mol. The van der Waals surface area contributed by atoms with Crippen molar-refractivity contribution in [2.24, 2.45) is 0 Å². The van der Waals surface area contributed by atoms with Gasteiger partial charge in [-0.3, -0.25) is 4.79 Å². The number of aryl methyl sites for hydroxylation is 2. The maximum absolute atomic E-state index is 11.0. The number of carbonyl (C=O) groups excluding carboxylic acids is 1. The van der Waals surface area contributed by atoms with Gasteiger partial charge in [-0.15, -0.1) is 0 Å². The quantitative estimate of drug-likeness (QED) is 0.697. The van der Waals surface area contributed by atoms with Crippen molar-refractivity contribution in [1.82, 2.24) is 0 Å². The van der Waals surface area contributed by atoms with E-state index in [9.17, 15) is 9.90 Å². The number of aromatic hydroxyl groups is 1. The number of hydrogen-bond acceptors (Lipinski definition) is 2. The summed E-state index contributed by atoms with van der Waals surface area (Å²) in [6.07, 6.45) is 0. The highest BCUT2D eigenvalue weighted by Gasteiger charge is 2.08. The van der Waals surface area contributed by atoms with Gasteiger partial charge in [0.05, 0.1) is 5.56 Å². The van der Waals surface area contributed by atoms with Gasteiger partial charge in [0, 0.05) is 0 Å². The van der Waals surface area contributed by atoms with E-state index in [1.54, 1.807) is 13.0 Å². The standard InChI is InChI=1S/C10H12O2.C2H6/c1-6-4-7(2)10(12)9(5-6)8(3)11;1-2/h4-5,12H,1-3H3;1-2H3. The Bertz CT molecular complexity index is 327. The molecule has 0 aliphatic carbocycles. The van der Waals surface area contributed by atoms with Gasteiger partial charge in [0.15, 0.2) is 5.78 Å². The molecule has 0 amide bonds. The Balaban J connectivity index is 0.000000791. The highest BCUT2D eigenvalue weighted by molar-refractivity contribution is 5.97. The van der Waals surface area contributed by atoms with Crippen LogP contribution < -0.4 is 0 Å². The predicted octanol–water partition coefficient (Wildman–Crippen LogP) is 3.24. The van der Waals surface area contributed by atoms with Crippen LogP contribution in [0.5, 0.6) is 5.75 Å². The first-order valence-corrected chi connectivity index (χ1v) is 4.83. The Hall–Kier alpha value is -1.31. The number of rotatable bonds is 1. The highest BCUT2D eigenvalue weighted by Crippen LogP contribution is 2.23. The molecule has 0 heterocycles. The van der Waals surface area contributed by atoms with E-state index in [1.807, 2.05) is 26.8 Å². The minimum Gasteiger partial charge on any atom is -0.507 e. The molecule has 0 fully saturated rings. The molecule has 1 rings (SSSR count). The Morgan fingerprint density at radius 1 is 1.21 bits per heavy atom. The molecule has 1 aromatic rings. The summed E-state index contributed by atoms with van der Waals surface area (Å²) in [6, 6.07) is 3.55. The second-order valence-corrected chi connectivity index (χ2v) is 3.03. The van der Waals surface area contributed by atoms with Crippen LogP contribution in [-0.4, -0.2) is 10.9 Å². The van der Waals surface area contributed by atoms with E-state index >= 15 is 0 Å². The van der Waals surface area contributed by atoms with Crippen LogP contribution in [0.3, 0.4) is 0 Å². The molecule has 1 N–H and O–H groups in total. The smallest absolute Gasteiger partial charge is 0.163 e. The predicted molar refractivity (Wildman–Crippen MR) is 58.9 cm³/mol. The largest absolute Gasteiger partial charge is 0.507 e. The van der Waals surface area contributed by atoms with E-state index < -0.39 is 0 Å². The van der Waals surface area contributed by atoms with E-state index in [0.29, 0.717) is 5.56 Å². The molecule has 0 radical (unpaired) electrons. The van der Waals surface area contributed by atoms with Crippen LogP contribution in [0.1, 0.15) is 42.3 Å². The van der Waals surface area contributed by atoms with Gasteiger partial charge in [0.2, 0.25) is 0 Å². The average Bonchev–Trinajstić information content (AvgIpc) is 2.14. The van der Waals surface area contributed by atoms with Crippen LogP contribution in [0.15, 0.2) is 12.1 Å². The number of phenolic OH excluding ortho intramolecular Hbond substituents is 1. The topological polar surface area (TPSA) is 37.3 Å². The monoisotopic (exact) mass is 194 g/mol. The van der Waals surface area contributed by atoms with Crippen molar-refractivity contribution >= 4 is 5.78 Å². The minimum absolute atomic E-state index is 0.0979. The lowest BCUT2D eigenvalue weighted by Gasteiger charge is -2.05. The summed E-state index contributed by atoms with van der Waals surface area (Å²) in [6.45, 7) is 9.14. The van der Waals surface area contributed by atoms with Gasteiger partial charge in [-0.25, -0.2) is 0 Å². The molecule has 1 aromatic carbocycles. The Kier molecular flexibility index (Phi) is 4.92. The van der Waals surface area contributed by atoms with Crippen molar-refractivity contribution < 1.29 is 9.90 Å². The third kappa shape index (κ3) is 2.87. The lowest BCUT2D eigenvalue weighted by atomic mass is 10.0. The second-order valence-electron chi connectivity index (χ2n) is 3.03. The summed E-state index contributed by atoms with van der Waals surface area (Å²) < 4.78 is 0. The highest BCUT2D eigenvalue weighted by atomic mass is 16.3. The molecule has 0 saturated heterocycles. The Morgan fingerprint density at radius 3 is 2.14 bits per heavy atom. The summed E-state index contributed by atoms with van der Waals surface area (Å²) in [5, 5.41) is 9.47. The number of Topliss-reactive ketones (excluding diaryl/α,β-unsaturated/α-hetero) is 1.